The van der Waals surface area contributed by atoms with E-state index in [2.05, 4.69) is 10.6 Å². The molecule has 0 bridgehead atoms. The van der Waals surface area contributed by atoms with Gasteiger partial charge in [-0.15, -0.1) is 0 Å². The molecule has 2 rings (SSSR count). The maximum Gasteiger partial charge on any atom is 0.407 e. The van der Waals surface area contributed by atoms with Crippen molar-refractivity contribution in [2.45, 2.75) is 12.6 Å². The quantitative estimate of drug-likeness (QED) is 0.699. The number of hydrogen-bond acceptors (Lipinski definition) is 4. The van der Waals surface area contributed by atoms with Gasteiger partial charge in [0, 0.05) is 12.1 Å². The number of nitrogens with two attached hydrogens (primary N) is 1. The molecule has 1 aliphatic heterocycles. The predicted octanol–water partition coefficient (Wildman–Crippen LogP) is -0.0165. The van der Waals surface area contributed by atoms with Crippen molar-refractivity contribution in [2.75, 3.05) is 13.1 Å². The lowest BCUT2D eigenvalue weighted by molar-refractivity contribution is 0.0916. The second-order valence-corrected chi connectivity index (χ2v) is 4.02. The van der Waals surface area contributed by atoms with E-state index in [4.69, 9.17) is 10.5 Å². The van der Waals surface area contributed by atoms with Crippen LogP contribution in [0.4, 0.5) is 4.79 Å². The van der Waals surface area contributed by atoms with E-state index in [1.54, 1.807) is 18.2 Å². The van der Waals surface area contributed by atoms with Crippen LogP contribution in [-0.2, 0) is 11.3 Å². The Labute approximate surface area is 104 Å². The fourth-order valence-electron chi connectivity index (χ4n) is 1.69. The second kappa shape index (κ2) is 5.50. The summed E-state index contributed by atoms with van der Waals surface area (Å²) in [6, 6.07) is 7.11. The van der Waals surface area contributed by atoms with Gasteiger partial charge < -0.3 is 21.1 Å². The van der Waals surface area contributed by atoms with Gasteiger partial charge in [0.1, 0.15) is 6.10 Å². The zero-order valence-electron chi connectivity index (χ0n) is 9.81. The minimum atomic E-state index is -0.445. The molecule has 6 heteroatoms. The van der Waals surface area contributed by atoms with E-state index in [0.717, 1.165) is 5.56 Å². The average Bonchev–Trinajstić information content (AvgIpc) is 2.82. The van der Waals surface area contributed by atoms with Crippen LogP contribution in [0.25, 0.3) is 0 Å². The highest BCUT2D eigenvalue weighted by Gasteiger charge is 2.22. The van der Waals surface area contributed by atoms with Crippen molar-refractivity contribution in [3.63, 3.8) is 0 Å². The maximum atomic E-state index is 11.8. The molecule has 0 aromatic heterocycles. The Hall–Kier alpha value is -2.08. The molecule has 1 unspecified atom stereocenters. The molecule has 1 heterocycles. The number of alkyl carbamates (subject to hydrolysis) is 1. The molecule has 1 aliphatic rings. The van der Waals surface area contributed by atoms with Crippen LogP contribution in [0.5, 0.6) is 0 Å². The van der Waals surface area contributed by atoms with E-state index in [1.165, 1.54) is 0 Å². The van der Waals surface area contributed by atoms with Crippen molar-refractivity contribution in [1.82, 2.24) is 10.6 Å². The minimum absolute atomic E-state index is 0.201. The van der Waals surface area contributed by atoms with Crippen molar-refractivity contribution in [3.8, 4) is 0 Å². The van der Waals surface area contributed by atoms with E-state index >= 15 is 0 Å². The molecule has 1 saturated heterocycles. The van der Waals surface area contributed by atoms with E-state index < -0.39 is 6.09 Å². The van der Waals surface area contributed by atoms with Gasteiger partial charge in [0.05, 0.1) is 13.1 Å². The molecule has 1 aromatic rings. The largest absolute Gasteiger partial charge is 0.442 e. The molecule has 6 nitrogen and oxygen atoms in total. The van der Waals surface area contributed by atoms with Crippen LogP contribution in [-0.4, -0.2) is 31.2 Å². The molecule has 4 N–H and O–H groups in total. The number of ether oxygens (including phenoxy) is 1. The van der Waals surface area contributed by atoms with Crippen molar-refractivity contribution in [2.24, 2.45) is 5.73 Å². The Bertz CT molecular complexity index is 462. The molecule has 0 radical (unpaired) electrons. The van der Waals surface area contributed by atoms with Crippen LogP contribution in [0.1, 0.15) is 15.9 Å². The molecule has 96 valence electrons. The van der Waals surface area contributed by atoms with Crippen molar-refractivity contribution in [3.05, 3.63) is 35.4 Å². The Balaban J connectivity index is 1.89. The van der Waals surface area contributed by atoms with Gasteiger partial charge in [-0.2, -0.15) is 0 Å². The lowest BCUT2D eigenvalue weighted by Gasteiger charge is -2.09. The first-order valence-corrected chi connectivity index (χ1v) is 5.70. The van der Waals surface area contributed by atoms with Crippen molar-refractivity contribution >= 4 is 12.0 Å². The summed E-state index contributed by atoms with van der Waals surface area (Å²) in [5.74, 6) is -0.201. The summed E-state index contributed by atoms with van der Waals surface area (Å²) in [7, 11) is 0. The van der Waals surface area contributed by atoms with E-state index in [1.807, 2.05) is 6.07 Å². The molecule has 1 aromatic carbocycles. The SMILES string of the molecule is NCc1cccc(C(=O)NCC2CNC(=O)O2)c1. The van der Waals surface area contributed by atoms with E-state index in [-0.39, 0.29) is 12.0 Å². The summed E-state index contributed by atoms with van der Waals surface area (Å²) < 4.78 is 4.91. The number of benzene rings is 1. The summed E-state index contributed by atoms with van der Waals surface area (Å²) in [4.78, 5) is 22.6. The molecule has 0 spiro atoms. The number of amides is 2. The maximum absolute atomic E-state index is 11.8. The molecule has 0 aliphatic carbocycles. The van der Waals surface area contributed by atoms with Crippen LogP contribution in [0.2, 0.25) is 0 Å². The minimum Gasteiger partial charge on any atom is -0.442 e. The van der Waals surface area contributed by atoms with Gasteiger partial charge in [-0.1, -0.05) is 12.1 Å². The van der Waals surface area contributed by atoms with Gasteiger partial charge in [0.2, 0.25) is 0 Å². The highest BCUT2D eigenvalue weighted by Crippen LogP contribution is 2.05. The monoisotopic (exact) mass is 249 g/mol. The number of carbonyl (C=O) groups is 2. The third-order valence-electron chi connectivity index (χ3n) is 2.66. The molecule has 1 atom stereocenters. The lowest BCUT2D eigenvalue weighted by atomic mass is 10.1. The standard InChI is InChI=1S/C12H15N3O3/c13-5-8-2-1-3-9(4-8)11(16)14-6-10-7-15-12(17)18-10/h1-4,10H,5-7,13H2,(H,14,16)(H,15,17). The van der Waals surface area contributed by atoms with Gasteiger partial charge in [-0.3, -0.25) is 4.79 Å². The lowest BCUT2D eigenvalue weighted by Crippen LogP contribution is -2.34. The van der Waals surface area contributed by atoms with Crippen LogP contribution < -0.4 is 16.4 Å². The summed E-state index contributed by atoms with van der Waals surface area (Å²) >= 11 is 0. The molecule has 0 saturated carbocycles. The fourth-order valence-corrected chi connectivity index (χ4v) is 1.69. The number of cyclic esters (lactones) is 1. The molecule has 18 heavy (non-hydrogen) atoms. The van der Waals surface area contributed by atoms with E-state index in [0.29, 0.717) is 25.2 Å². The highest BCUT2D eigenvalue weighted by atomic mass is 16.6. The van der Waals surface area contributed by atoms with Crippen LogP contribution >= 0.6 is 0 Å². The van der Waals surface area contributed by atoms with Gasteiger partial charge in [-0.25, -0.2) is 4.79 Å². The van der Waals surface area contributed by atoms with E-state index in [9.17, 15) is 9.59 Å². The average molecular weight is 249 g/mol. The number of hydrogen-bond donors (Lipinski definition) is 3. The highest BCUT2D eigenvalue weighted by molar-refractivity contribution is 5.94. The number of rotatable bonds is 4. The molecular formula is C12H15N3O3. The van der Waals surface area contributed by atoms with Crippen LogP contribution in [0.15, 0.2) is 24.3 Å². The van der Waals surface area contributed by atoms with Crippen LogP contribution in [0.3, 0.4) is 0 Å². The number of nitrogens with one attached hydrogen (secondary N) is 2. The first-order chi connectivity index (χ1) is 8.69. The molecule has 1 fully saturated rings. The topological polar surface area (TPSA) is 93.5 Å². The normalized spacial score (nSPS) is 18.1. The zero-order valence-corrected chi connectivity index (χ0v) is 9.81. The van der Waals surface area contributed by atoms with Gasteiger partial charge in [0.15, 0.2) is 0 Å². The van der Waals surface area contributed by atoms with Crippen molar-refractivity contribution < 1.29 is 14.3 Å². The van der Waals surface area contributed by atoms with Gasteiger partial charge in [-0.05, 0) is 17.7 Å². The Morgan fingerprint density at radius 1 is 1.56 bits per heavy atom. The molecular weight excluding hydrogens is 234 g/mol. The second-order valence-electron chi connectivity index (χ2n) is 4.02. The summed E-state index contributed by atoms with van der Waals surface area (Å²) in [6.45, 7) is 1.11. The van der Waals surface area contributed by atoms with Crippen molar-refractivity contribution in [1.29, 1.82) is 0 Å². The predicted molar refractivity (Wildman–Crippen MR) is 64.9 cm³/mol. The third kappa shape index (κ3) is 2.98. The Morgan fingerprint density at radius 3 is 3.06 bits per heavy atom. The number of carbonyl (C=O) groups excluding carboxylic acids is 2. The van der Waals surface area contributed by atoms with Crippen LogP contribution in [0, 0.1) is 0 Å². The summed E-state index contributed by atoms with van der Waals surface area (Å²) in [6.07, 6.45) is -0.751. The summed E-state index contributed by atoms with van der Waals surface area (Å²) in [5.41, 5.74) is 6.96. The van der Waals surface area contributed by atoms with Gasteiger partial charge >= 0.3 is 6.09 Å². The first kappa shape index (κ1) is 12.4. The Kier molecular flexibility index (Phi) is 3.78. The first-order valence-electron chi connectivity index (χ1n) is 5.70. The smallest absolute Gasteiger partial charge is 0.407 e. The molecule has 2 amide bonds. The Morgan fingerprint density at radius 2 is 2.39 bits per heavy atom. The van der Waals surface area contributed by atoms with Gasteiger partial charge in [0.25, 0.3) is 5.91 Å². The zero-order chi connectivity index (χ0) is 13.0. The summed E-state index contributed by atoms with van der Waals surface area (Å²) in [5, 5.41) is 5.24. The third-order valence-corrected chi connectivity index (χ3v) is 2.66. The fraction of sp³-hybridized carbons (Fsp3) is 0.333.